The summed E-state index contributed by atoms with van der Waals surface area (Å²) in [7, 11) is 0. The molecule has 53 heavy (non-hydrogen) atoms. The van der Waals surface area contributed by atoms with Gasteiger partial charge in [0.2, 0.25) is 5.88 Å². The van der Waals surface area contributed by atoms with E-state index in [0.717, 1.165) is 62.2 Å². The van der Waals surface area contributed by atoms with E-state index in [9.17, 15) is 18.0 Å². The molecule has 3 aromatic rings. The van der Waals surface area contributed by atoms with Gasteiger partial charge in [-0.05, 0) is 122 Å². The van der Waals surface area contributed by atoms with Crippen molar-refractivity contribution in [1.29, 1.82) is 0 Å². The van der Waals surface area contributed by atoms with E-state index < -0.39 is 17.5 Å². The smallest absolute Gasteiger partial charge is 0.394 e. The third-order valence-electron chi connectivity index (χ3n) is 10.4. The van der Waals surface area contributed by atoms with Gasteiger partial charge in [0.15, 0.2) is 5.82 Å². The molecule has 3 aromatic heterocycles. The van der Waals surface area contributed by atoms with Crippen molar-refractivity contribution in [3.8, 4) is 11.7 Å². The van der Waals surface area contributed by atoms with Crippen LogP contribution in [-0.4, -0.2) is 67.5 Å². The number of likely N-dealkylation sites (tertiary alicyclic amines) is 1. The highest BCUT2D eigenvalue weighted by molar-refractivity contribution is 7.97. The number of alkyl halides is 3. The first kappa shape index (κ1) is 39.2. The molecule has 286 valence electrons. The second kappa shape index (κ2) is 15.7. The molecule has 1 saturated carbocycles. The Morgan fingerprint density at radius 2 is 1.91 bits per heavy atom. The van der Waals surface area contributed by atoms with Crippen LogP contribution in [0.25, 0.3) is 5.82 Å². The molecule has 1 N–H and O–H groups in total. The van der Waals surface area contributed by atoms with E-state index in [1.165, 1.54) is 11.1 Å². The van der Waals surface area contributed by atoms with Gasteiger partial charge >= 0.3 is 6.18 Å². The molecule has 1 aliphatic heterocycles. The van der Waals surface area contributed by atoms with Gasteiger partial charge in [-0.3, -0.25) is 14.4 Å². The summed E-state index contributed by atoms with van der Waals surface area (Å²) in [5.74, 6) is 1.53. The molecule has 9 nitrogen and oxygen atoms in total. The van der Waals surface area contributed by atoms with Crippen LogP contribution in [0, 0.1) is 11.3 Å². The molecule has 14 heteroatoms. The molecule has 2 aliphatic carbocycles. The molecule has 1 amide bonds. The van der Waals surface area contributed by atoms with Crippen LogP contribution in [0.3, 0.4) is 0 Å². The quantitative estimate of drug-likeness (QED) is 0.128. The van der Waals surface area contributed by atoms with Gasteiger partial charge in [-0.1, -0.05) is 29.8 Å². The number of halogens is 4. The largest absolute Gasteiger partial charge is 0.477 e. The van der Waals surface area contributed by atoms with Crippen LogP contribution in [0.1, 0.15) is 96.3 Å². The monoisotopic (exact) mass is 771 g/mol. The van der Waals surface area contributed by atoms with Gasteiger partial charge in [0.05, 0.1) is 17.6 Å². The molecule has 0 spiro atoms. The number of amides is 1. The highest BCUT2D eigenvalue weighted by atomic mass is 35.5. The van der Waals surface area contributed by atoms with Crippen LogP contribution >= 0.6 is 23.5 Å². The van der Waals surface area contributed by atoms with Crippen LogP contribution in [-0.2, 0) is 0 Å². The molecule has 6 rings (SSSR count). The number of nitrogens with one attached hydrogen (secondary N) is 1. The zero-order valence-electron chi connectivity index (χ0n) is 31.0. The molecule has 3 aliphatic rings. The predicted molar refractivity (Wildman–Crippen MR) is 203 cm³/mol. The molecular formula is C39H49ClF3N7O2S. The van der Waals surface area contributed by atoms with Crippen molar-refractivity contribution in [1.82, 2.24) is 29.4 Å². The maximum atomic E-state index is 13.2. The van der Waals surface area contributed by atoms with E-state index in [1.54, 1.807) is 24.4 Å². The molecule has 0 aromatic carbocycles. The van der Waals surface area contributed by atoms with Gasteiger partial charge in [-0.25, -0.2) is 14.6 Å². The van der Waals surface area contributed by atoms with Crippen LogP contribution < -0.4 is 14.4 Å². The van der Waals surface area contributed by atoms with Gasteiger partial charge in [0.1, 0.15) is 16.0 Å². The number of anilines is 1. The maximum Gasteiger partial charge on any atom is 0.394 e. The number of hydrogen-bond donors (Lipinski definition) is 1. The van der Waals surface area contributed by atoms with Gasteiger partial charge in [-0.2, -0.15) is 13.2 Å². The van der Waals surface area contributed by atoms with Gasteiger partial charge < -0.3 is 9.64 Å². The van der Waals surface area contributed by atoms with E-state index in [1.807, 2.05) is 18.2 Å². The van der Waals surface area contributed by atoms with Gasteiger partial charge in [0, 0.05) is 54.1 Å². The Hall–Kier alpha value is -3.55. The zero-order valence-corrected chi connectivity index (χ0v) is 32.6. The summed E-state index contributed by atoms with van der Waals surface area (Å²) in [6.45, 7) is 13.5. The summed E-state index contributed by atoms with van der Waals surface area (Å²) in [5.41, 5.74) is -0.00359. The minimum absolute atomic E-state index is 0.0281. The van der Waals surface area contributed by atoms with Crippen molar-refractivity contribution in [3.63, 3.8) is 0 Å². The van der Waals surface area contributed by atoms with Crippen molar-refractivity contribution in [3.05, 3.63) is 77.2 Å². The molecule has 1 saturated heterocycles. The van der Waals surface area contributed by atoms with E-state index >= 15 is 0 Å². The lowest BCUT2D eigenvalue weighted by atomic mass is 9.92. The second-order valence-electron chi connectivity index (χ2n) is 15.9. The number of ether oxygens (including phenoxy) is 1. The number of carbonyl (C=O) groups is 1. The third kappa shape index (κ3) is 9.40. The Morgan fingerprint density at radius 3 is 2.57 bits per heavy atom. The molecule has 1 atom stereocenters. The summed E-state index contributed by atoms with van der Waals surface area (Å²) in [6, 6.07) is 10.5. The first-order chi connectivity index (χ1) is 25.0. The fraction of sp³-hybridized carbons (Fsp3) is 0.538. The first-order valence-corrected chi connectivity index (χ1v) is 19.5. The number of rotatable bonds is 14. The lowest BCUT2D eigenvalue weighted by molar-refractivity contribution is -0.190. The van der Waals surface area contributed by atoms with Crippen LogP contribution in [0.2, 0.25) is 5.15 Å². The summed E-state index contributed by atoms with van der Waals surface area (Å²) in [4.78, 5) is 27.4. The Kier molecular flexibility index (Phi) is 11.6. The van der Waals surface area contributed by atoms with Crippen molar-refractivity contribution in [2.45, 2.75) is 108 Å². The van der Waals surface area contributed by atoms with E-state index in [0.29, 0.717) is 16.8 Å². The summed E-state index contributed by atoms with van der Waals surface area (Å²) >= 11 is 7.55. The highest BCUT2D eigenvalue weighted by Crippen LogP contribution is 2.59. The van der Waals surface area contributed by atoms with Crippen LogP contribution in [0.15, 0.2) is 71.5 Å². The highest BCUT2D eigenvalue weighted by Gasteiger charge is 2.62. The summed E-state index contributed by atoms with van der Waals surface area (Å²) < 4.78 is 49.3. The number of nitrogens with zero attached hydrogens (tertiary/aromatic N) is 6. The average Bonchev–Trinajstić information content (AvgIpc) is 3.64. The lowest BCUT2D eigenvalue weighted by Crippen LogP contribution is -2.50. The number of pyridine rings is 2. The number of aromatic nitrogens is 4. The molecular weight excluding hydrogens is 723 g/mol. The fourth-order valence-electron chi connectivity index (χ4n) is 7.65. The molecule has 0 radical (unpaired) electrons. The number of carbonyl (C=O) groups excluding carboxylic acids is 1. The van der Waals surface area contributed by atoms with Crippen molar-refractivity contribution >= 4 is 35.3 Å². The zero-order chi connectivity index (χ0) is 38.0. The molecule has 4 heterocycles. The van der Waals surface area contributed by atoms with Crippen molar-refractivity contribution in [2.24, 2.45) is 11.3 Å². The Labute approximate surface area is 319 Å². The first-order valence-electron chi connectivity index (χ1n) is 18.3. The van der Waals surface area contributed by atoms with Gasteiger partial charge in [0.25, 0.3) is 5.91 Å². The Bertz CT molecular complexity index is 1830. The van der Waals surface area contributed by atoms with Gasteiger partial charge in [-0.15, -0.1) is 5.10 Å². The maximum absolute atomic E-state index is 13.2. The number of hydrogen-bond acceptors (Lipinski definition) is 8. The molecule has 0 bridgehead atoms. The standard InChI is InChI=1S/C39H49ClF3N7O2S/c1-36(2,3)50-26-27(25-37(50,4)5)11-10-22-48(28-12-7-6-8-13-28)30-14-9-15-33(44-30)53-47-35(51)29-16-17-31(45-34(29)40)49-23-18-32(46-49)52-24-21-38(19-20-38)39(41,42)43/h7,9,12-18,23,27H,6,8,10-11,19-22,24-26H2,1-5H3,(H,47,51). The van der Waals surface area contributed by atoms with E-state index in [2.05, 4.69) is 77.5 Å². The minimum Gasteiger partial charge on any atom is -0.477 e. The van der Waals surface area contributed by atoms with Crippen molar-refractivity contribution in [2.75, 3.05) is 24.6 Å². The predicted octanol–water partition coefficient (Wildman–Crippen LogP) is 9.58. The SMILES string of the molecule is CC(C)(C)N1CC(CCCN(C2=CCCC=C2)c2cccc(SNC(=O)c3ccc(-n4ccc(OCCC5(C(F)(F)F)CC5)n4)nc3Cl)n2)CC1(C)C. The Morgan fingerprint density at radius 1 is 1.11 bits per heavy atom. The average molecular weight is 772 g/mol. The lowest BCUT2D eigenvalue weighted by Gasteiger charge is -2.42. The van der Waals surface area contributed by atoms with Crippen LogP contribution in [0.4, 0.5) is 19.0 Å². The molecule has 1 unspecified atom stereocenters. The summed E-state index contributed by atoms with van der Waals surface area (Å²) in [5, 5.41) is 4.85. The normalized spacial score (nSPS) is 19.6. The topological polar surface area (TPSA) is 88.4 Å². The van der Waals surface area contributed by atoms with Crippen molar-refractivity contribution < 1.29 is 22.7 Å². The van der Waals surface area contributed by atoms with E-state index in [-0.39, 0.29) is 53.5 Å². The minimum atomic E-state index is -4.23. The Balaban J connectivity index is 1.04. The molecule has 2 fully saturated rings. The van der Waals surface area contributed by atoms with Crippen LogP contribution in [0.5, 0.6) is 5.88 Å². The summed E-state index contributed by atoms with van der Waals surface area (Å²) in [6.07, 6.45) is 9.51. The van der Waals surface area contributed by atoms with E-state index in [4.69, 9.17) is 21.3 Å². The number of allylic oxidation sites excluding steroid dienone is 3. The second-order valence-corrected chi connectivity index (χ2v) is 17.1. The fourth-order valence-corrected chi connectivity index (χ4v) is 8.48. The third-order valence-corrected chi connectivity index (χ3v) is 11.5.